The molecule has 156 valence electrons. The van der Waals surface area contributed by atoms with E-state index in [0.717, 1.165) is 44.2 Å². The number of hydrogen-bond acceptors (Lipinski definition) is 3. The molecule has 1 fully saturated rings. The largest absolute Gasteiger partial charge is 0.391 e. The van der Waals surface area contributed by atoms with Crippen molar-refractivity contribution < 1.29 is 9.84 Å². The van der Waals surface area contributed by atoms with E-state index in [1.54, 1.807) is 0 Å². The molecule has 1 saturated heterocycles. The lowest BCUT2D eigenvalue weighted by molar-refractivity contribution is 0.0906. The standard InChI is InChI=1S/C24H33N3O2/c1-2-25-24(26-16-23(28)15-20-9-5-3-6-10-20)27-14-13-22(17-27)19-29-18-21-11-7-4-8-12-21/h3-12,22-23,28H,2,13-19H2,1H3,(H,25,26). The van der Waals surface area contributed by atoms with Crippen molar-refractivity contribution >= 4 is 5.96 Å². The summed E-state index contributed by atoms with van der Waals surface area (Å²) in [4.78, 5) is 6.98. The van der Waals surface area contributed by atoms with Crippen LogP contribution in [0.25, 0.3) is 0 Å². The molecular weight excluding hydrogens is 362 g/mol. The zero-order valence-corrected chi connectivity index (χ0v) is 17.3. The average Bonchev–Trinajstić information content (AvgIpc) is 3.21. The van der Waals surface area contributed by atoms with Gasteiger partial charge in [-0.25, -0.2) is 0 Å². The van der Waals surface area contributed by atoms with Gasteiger partial charge in [0.25, 0.3) is 0 Å². The number of hydrogen-bond donors (Lipinski definition) is 2. The molecule has 0 radical (unpaired) electrons. The Hall–Kier alpha value is -2.37. The van der Waals surface area contributed by atoms with Crippen LogP contribution in [-0.4, -0.2) is 54.9 Å². The second kappa shape index (κ2) is 11.6. The highest BCUT2D eigenvalue weighted by Gasteiger charge is 2.25. The summed E-state index contributed by atoms with van der Waals surface area (Å²) in [6, 6.07) is 20.4. The molecular formula is C24H33N3O2. The van der Waals surface area contributed by atoms with E-state index in [-0.39, 0.29) is 0 Å². The normalized spacial score (nSPS) is 18.1. The summed E-state index contributed by atoms with van der Waals surface area (Å²) in [5, 5.41) is 13.7. The van der Waals surface area contributed by atoms with Gasteiger partial charge in [-0.2, -0.15) is 0 Å². The minimum atomic E-state index is -0.473. The summed E-state index contributed by atoms with van der Waals surface area (Å²) >= 11 is 0. The maximum Gasteiger partial charge on any atom is 0.194 e. The van der Waals surface area contributed by atoms with Crippen molar-refractivity contribution in [2.24, 2.45) is 10.9 Å². The molecule has 2 aromatic rings. The van der Waals surface area contributed by atoms with Crippen molar-refractivity contribution in [3.8, 4) is 0 Å². The van der Waals surface area contributed by atoms with Crippen molar-refractivity contribution in [2.45, 2.75) is 32.5 Å². The molecule has 5 heteroatoms. The third kappa shape index (κ3) is 7.18. The van der Waals surface area contributed by atoms with Crippen LogP contribution in [0.2, 0.25) is 0 Å². The number of ether oxygens (including phenoxy) is 1. The predicted octanol–water partition coefficient (Wildman–Crippen LogP) is 3.09. The van der Waals surface area contributed by atoms with Gasteiger partial charge in [0.15, 0.2) is 5.96 Å². The first-order valence-corrected chi connectivity index (χ1v) is 10.6. The molecule has 2 atom stereocenters. The van der Waals surface area contributed by atoms with Gasteiger partial charge in [-0.3, -0.25) is 4.99 Å². The average molecular weight is 396 g/mol. The first-order chi connectivity index (χ1) is 14.2. The van der Waals surface area contributed by atoms with Crippen LogP contribution in [-0.2, 0) is 17.8 Å². The number of aliphatic hydroxyl groups is 1. The highest BCUT2D eigenvalue weighted by atomic mass is 16.5. The number of benzene rings is 2. The number of nitrogens with one attached hydrogen (secondary N) is 1. The van der Waals surface area contributed by atoms with Gasteiger partial charge in [-0.15, -0.1) is 0 Å². The lowest BCUT2D eigenvalue weighted by atomic mass is 10.1. The van der Waals surface area contributed by atoms with Gasteiger partial charge in [-0.05, 0) is 24.5 Å². The van der Waals surface area contributed by atoms with Crippen molar-refractivity contribution in [3.63, 3.8) is 0 Å². The third-order valence-electron chi connectivity index (χ3n) is 5.15. The monoisotopic (exact) mass is 395 g/mol. The van der Waals surface area contributed by atoms with Crippen molar-refractivity contribution in [1.29, 1.82) is 0 Å². The Kier molecular flexibility index (Phi) is 8.53. The zero-order valence-electron chi connectivity index (χ0n) is 17.3. The van der Waals surface area contributed by atoms with E-state index in [0.29, 0.717) is 25.5 Å². The summed E-state index contributed by atoms with van der Waals surface area (Å²) in [5.74, 6) is 1.40. The van der Waals surface area contributed by atoms with E-state index in [9.17, 15) is 5.11 Å². The Morgan fingerprint density at radius 1 is 1.14 bits per heavy atom. The zero-order chi connectivity index (χ0) is 20.3. The summed E-state index contributed by atoms with van der Waals surface area (Å²) in [5.41, 5.74) is 2.35. The first kappa shape index (κ1) is 21.3. The van der Waals surface area contributed by atoms with Crippen LogP contribution in [0.1, 0.15) is 24.5 Å². The van der Waals surface area contributed by atoms with Crippen LogP contribution < -0.4 is 5.32 Å². The molecule has 2 N–H and O–H groups in total. The van der Waals surface area contributed by atoms with E-state index in [4.69, 9.17) is 9.73 Å². The Morgan fingerprint density at radius 3 is 2.52 bits per heavy atom. The van der Waals surface area contributed by atoms with Gasteiger partial charge in [0.2, 0.25) is 0 Å². The molecule has 5 nitrogen and oxygen atoms in total. The van der Waals surface area contributed by atoms with Crippen LogP contribution in [0.15, 0.2) is 65.7 Å². The Bertz CT molecular complexity index is 736. The molecule has 2 unspecified atom stereocenters. The molecule has 1 aliphatic heterocycles. The fourth-order valence-electron chi connectivity index (χ4n) is 3.65. The Morgan fingerprint density at radius 2 is 1.83 bits per heavy atom. The molecule has 0 spiro atoms. The SMILES string of the molecule is CCNC(=NCC(O)Cc1ccccc1)N1CCC(COCc2ccccc2)C1. The highest BCUT2D eigenvalue weighted by Crippen LogP contribution is 2.17. The fourth-order valence-corrected chi connectivity index (χ4v) is 3.65. The molecule has 0 saturated carbocycles. The quantitative estimate of drug-likeness (QED) is 0.506. The van der Waals surface area contributed by atoms with E-state index < -0.39 is 6.10 Å². The summed E-state index contributed by atoms with van der Waals surface area (Å²) in [7, 11) is 0. The molecule has 0 bridgehead atoms. The van der Waals surface area contributed by atoms with Crippen LogP contribution in [0.3, 0.4) is 0 Å². The van der Waals surface area contributed by atoms with E-state index >= 15 is 0 Å². The molecule has 29 heavy (non-hydrogen) atoms. The minimum Gasteiger partial charge on any atom is -0.391 e. The van der Waals surface area contributed by atoms with E-state index in [2.05, 4.69) is 29.3 Å². The lowest BCUT2D eigenvalue weighted by Crippen LogP contribution is -2.40. The van der Waals surface area contributed by atoms with Gasteiger partial charge in [0, 0.05) is 32.0 Å². The van der Waals surface area contributed by atoms with Gasteiger partial charge >= 0.3 is 0 Å². The molecule has 2 aromatic carbocycles. The van der Waals surface area contributed by atoms with Gasteiger partial charge in [0.1, 0.15) is 0 Å². The van der Waals surface area contributed by atoms with E-state index in [1.807, 2.05) is 48.5 Å². The minimum absolute atomic E-state index is 0.406. The number of likely N-dealkylation sites (tertiary alicyclic amines) is 1. The van der Waals surface area contributed by atoms with E-state index in [1.165, 1.54) is 5.56 Å². The number of aliphatic hydroxyl groups excluding tert-OH is 1. The summed E-state index contributed by atoms with van der Waals surface area (Å²) in [6.07, 6.45) is 1.25. The topological polar surface area (TPSA) is 57.1 Å². The van der Waals surface area contributed by atoms with Crippen LogP contribution in [0.5, 0.6) is 0 Å². The number of rotatable bonds is 9. The Balaban J connectivity index is 1.45. The molecule has 0 amide bonds. The molecule has 1 aliphatic rings. The van der Waals surface area contributed by atoms with Crippen LogP contribution in [0.4, 0.5) is 0 Å². The molecule has 1 heterocycles. The maximum absolute atomic E-state index is 10.4. The van der Waals surface area contributed by atoms with Crippen molar-refractivity contribution in [3.05, 3.63) is 71.8 Å². The molecule has 3 rings (SSSR count). The summed E-state index contributed by atoms with van der Waals surface area (Å²) < 4.78 is 5.93. The van der Waals surface area contributed by atoms with Crippen molar-refractivity contribution in [2.75, 3.05) is 32.8 Å². The number of guanidine groups is 1. The third-order valence-corrected chi connectivity index (χ3v) is 5.15. The Labute approximate surface area is 174 Å². The second-order valence-electron chi connectivity index (χ2n) is 7.64. The second-order valence-corrected chi connectivity index (χ2v) is 7.64. The number of aliphatic imine (C=N–C) groups is 1. The number of nitrogens with zero attached hydrogens (tertiary/aromatic N) is 2. The smallest absolute Gasteiger partial charge is 0.194 e. The highest BCUT2D eigenvalue weighted by molar-refractivity contribution is 5.80. The van der Waals surface area contributed by atoms with Crippen LogP contribution >= 0.6 is 0 Å². The molecule has 0 aromatic heterocycles. The van der Waals surface area contributed by atoms with Gasteiger partial charge < -0.3 is 20.1 Å². The fraction of sp³-hybridized carbons (Fsp3) is 0.458. The maximum atomic E-state index is 10.4. The predicted molar refractivity (Wildman–Crippen MR) is 118 cm³/mol. The van der Waals surface area contributed by atoms with Crippen LogP contribution in [0, 0.1) is 5.92 Å². The van der Waals surface area contributed by atoms with Crippen molar-refractivity contribution in [1.82, 2.24) is 10.2 Å². The summed E-state index contributed by atoms with van der Waals surface area (Å²) in [6.45, 7) is 6.64. The lowest BCUT2D eigenvalue weighted by Gasteiger charge is -2.22. The first-order valence-electron chi connectivity index (χ1n) is 10.6. The van der Waals surface area contributed by atoms with Gasteiger partial charge in [-0.1, -0.05) is 60.7 Å². The van der Waals surface area contributed by atoms with Gasteiger partial charge in [0.05, 0.1) is 25.9 Å². The molecule has 0 aliphatic carbocycles.